The van der Waals surface area contributed by atoms with Gasteiger partial charge in [-0.05, 0) is 25.5 Å². The van der Waals surface area contributed by atoms with Gasteiger partial charge in [-0.25, -0.2) is 4.39 Å². The summed E-state index contributed by atoms with van der Waals surface area (Å²) in [5.74, 6) is 0. The Labute approximate surface area is 79.0 Å². The molecule has 0 spiro atoms. The maximum atomic E-state index is 13.0. The molecule has 0 aliphatic carbocycles. The van der Waals surface area contributed by atoms with Crippen LogP contribution in [0.5, 0.6) is 0 Å². The largest absolute Gasteiger partial charge is 0.317 e. The smallest absolute Gasteiger partial charge is 0.113 e. The highest BCUT2D eigenvalue weighted by Gasteiger charge is 2.04. The molecule has 72 valence electrons. The maximum Gasteiger partial charge on any atom is 0.113 e. The predicted octanol–water partition coefficient (Wildman–Crippen LogP) is 2.18. The molecule has 0 aliphatic rings. The Bertz CT molecular complexity index is 223. The first-order valence-corrected chi connectivity index (χ1v) is 4.65. The second-order valence-corrected chi connectivity index (χ2v) is 3.18. The number of benzene rings is 1. The van der Waals surface area contributed by atoms with Crippen molar-refractivity contribution in [2.45, 2.75) is 19.0 Å². The normalized spacial score (nSPS) is 12.8. The molecule has 0 radical (unpaired) electrons. The molecule has 1 rings (SSSR count). The van der Waals surface area contributed by atoms with Crippen LogP contribution in [0, 0.1) is 0 Å². The van der Waals surface area contributed by atoms with Gasteiger partial charge in [-0.3, -0.25) is 0 Å². The van der Waals surface area contributed by atoms with Gasteiger partial charge in [-0.2, -0.15) is 0 Å². The fourth-order valence-corrected chi connectivity index (χ4v) is 1.29. The second kappa shape index (κ2) is 5.70. The molecule has 1 aromatic carbocycles. The van der Waals surface area contributed by atoms with E-state index in [1.807, 2.05) is 30.3 Å². The molecule has 0 saturated carbocycles. The average molecular weight is 181 g/mol. The van der Waals surface area contributed by atoms with Gasteiger partial charge >= 0.3 is 0 Å². The molecule has 2 heteroatoms. The van der Waals surface area contributed by atoms with Gasteiger partial charge in [0.1, 0.15) is 6.17 Å². The molecule has 13 heavy (non-hydrogen) atoms. The summed E-state index contributed by atoms with van der Waals surface area (Å²) in [6.07, 6.45) is 0.694. The minimum absolute atomic E-state index is 0.451. The van der Waals surface area contributed by atoms with E-state index in [1.165, 1.54) is 5.56 Å². The van der Waals surface area contributed by atoms with E-state index in [0.29, 0.717) is 13.0 Å². The maximum absolute atomic E-state index is 13.0. The lowest BCUT2D eigenvalue weighted by Crippen LogP contribution is -2.20. The minimum Gasteiger partial charge on any atom is -0.317 e. The highest BCUT2D eigenvalue weighted by Crippen LogP contribution is 2.06. The number of hydrogen-bond acceptors (Lipinski definition) is 1. The highest BCUT2D eigenvalue weighted by molar-refractivity contribution is 5.14. The number of hydrogen-bond donors (Lipinski definition) is 1. The molecule has 0 heterocycles. The van der Waals surface area contributed by atoms with Gasteiger partial charge in [0.15, 0.2) is 0 Å². The van der Waals surface area contributed by atoms with Crippen molar-refractivity contribution in [1.82, 2.24) is 5.32 Å². The van der Waals surface area contributed by atoms with Gasteiger partial charge in [-0.15, -0.1) is 0 Å². The molecule has 1 nitrogen and oxygen atoms in total. The van der Waals surface area contributed by atoms with Crippen molar-refractivity contribution < 1.29 is 4.39 Å². The standard InChI is InChI=1S/C11H16FN/c1-13-9-11(12)8-7-10-5-3-2-4-6-10/h2-6,11,13H,7-9H2,1H3/t11-/m1/s1. The number of nitrogens with one attached hydrogen (secondary N) is 1. The topological polar surface area (TPSA) is 12.0 Å². The van der Waals surface area contributed by atoms with E-state index in [-0.39, 0.29) is 0 Å². The molecular weight excluding hydrogens is 165 g/mol. The molecule has 1 N–H and O–H groups in total. The molecule has 0 bridgehead atoms. The molecule has 0 fully saturated rings. The third kappa shape index (κ3) is 4.04. The van der Waals surface area contributed by atoms with Crippen LogP contribution in [0.4, 0.5) is 4.39 Å². The Morgan fingerprint density at radius 2 is 2.00 bits per heavy atom. The Hall–Kier alpha value is -0.890. The van der Waals surface area contributed by atoms with Gasteiger partial charge in [0.2, 0.25) is 0 Å². The lowest BCUT2D eigenvalue weighted by molar-refractivity contribution is 0.308. The predicted molar refractivity (Wildman–Crippen MR) is 53.6 cm³/mol. The quantitative estimate of drug-likeness (QED) is 0.734. The number of alkyl halides is 1. The molecule has 0 unspecified atom stereocenters. The zero-order valence-corrected chi connectivity index (χ0v) is 7.96. The monoisotopic (exact) mass is 181 g/mol. The number of halogens is 1. The van der Waals surface area contributed by atoms with Crippen LogP contribution in [0.25, 0.3) is 0 Å². The zero-order valence-electron chi connectivity index (χ0n) is 7.96. The Balaban J connectivity index is 2.27. The van der Waals surface area contributed by atoms with Gasteiger partial charge in [0.05, 0.1) is 0 Å². The minimum atomic E-state index is -0.731. The molecule has 0 aromatic heterocycles. The van der Waals surface area contributed by atoms with Crippen molar-refractivity contribution in [3.63, 3.8) is 0 Å². The van der Waals surface area contributed by atoms with E-state index in [0.717, 1.165) is 6.42 Å². The summed E-state index contributed by atoms with van der Waals surface area (Å²) in [5, 5.41) is 2.83. The summed E-state index contributed by atoms with van der Waals surface area (Å²) in [6, 6.07) is 10.0. The first kappa shape index (κ1) is 10.2. The summed E-state index contributed by atoms with van der Waals surface area (Å²) in [7, 11) is 1.77. The fraction of sp³-hybridized carbons (Fsp3) is 0.455. The zero-order chi connectivity index (χ0) is 9.52. The summed E-state index contributed by atoms with van der Waals surface area (Å²) >= 11 is 0. The lowest BCUT2D eigenvalue weighted by Gasteiger charge is -2.06. The fourth-order valence-electron chi connectivity index (χ4n) is 1.29. The van der Waals surface area contributed by atoms with Crippen molar-refractivity contribution in [3.8, 4) is 0 Å². The van der Waals surface area contributed by atoms with Crippen molar-refractivity contribution >= 4 is 0 Å². The van der Waals surface area contributed by atoms with Crippen LogP contribution < -0.4 is 5.32 Å². The van der Waals surface area contributed by atoms with E-state index in [4.69, 9.17) is 0 Å². The lowest BCUT2D eigenvalue weighted by atomic mass is 10.1. The van der Waals surface area contributed by atoms with E-state index in [9.17, 15) is 4.39 Å². The van der Waals surface area contributed by atoms with E-state index in [2.05, 4.69) is 5.32 Å². The van der Waals surface area contributed by atoms with Crippen LogP contribution in [0.1, 0.15) is 12.0 Å². The van der Waals surface area contributed by atoms with Crippen molar-refractivity contribution in [2.75, 3.05) is 13.6 Å². The van der Waals surface area contributed by atoms with Gasteiger partial charge in [0, 0.05) is 6.54 Å². The third-order valence-electron chi connectivity index (χ3n) is 2.01. The van der Waals surface area contributed by atoms with Crippen LogP contribution in [0.3, 0.4) is 0 Å². The van der Waals surface area contributed by atoms with E-state index >= 15 is 0 Å². The first-order valence-electron chi connectivity index (χ1n) is 4.65. The first-order chi connectivity index (χ1) is 6.33. The van der Waals surface area contributed by atoms with E-state index in [1.54, 1.807) is 7.05 Å². The average Bonchev–Trinajstić information content (AvgIpc) is 2.17. The van der Waals surface area contributed by atoms with Crippen molar-refractivity contribution in [1.29, 1.82) is 0 Å². The molecule has 1 atom stereocenters. The number of rotatable bonds is 5. The SMILES string of the molecule is CNC[C@H](F)CCc1ccccc1. The molecule has 1 aromatic rings. The molecule has 0 saturated heterocycles. The van der Waals surface area contributed by atoms with Gasteiger partial charge in [0.25, 0.3) is 0 Å². The van der Waals surface area contributed by atoms with Crippen molar-refractivity contribution in [3.05, 3.63) is 35.9 Å². The van der Waals surface area contributed by atoms with Crippen LogP contribution >= 0.6 is 0 Å². The van der Waals surface area contributed by atoms with Gasteiger partial charge < -0.3 is 5.32 Å². The Morgan fingerprint density at radius 1 is 1.31 bits per heavy atom. The third-order valence-corrected chi connectivity index (χ3v) is 2.01. The molecule has 0 amide bonds. The summed E-state index contributed by atoms with van der Waals surface area (Å²) in [6.45, 7) is 0.451. The Kier molecular flexibility index (Phi) is 4.47. The summed E-state index contributed by atoms with van der Waals surface area (Å²) in [5.41, 5.74) is 1.21. The van der Waals surface area contributed by atoms with Crippen LogP contribution in [-0.2, 0) is 6.42 Å². The van der Waals surface area contributed by atoms with Crippen LogP contribution in [-0.4, -0.2) is 19.8 Å². The molecular formula is C11H16FN. The second-order valence-electron chi connectivity index (χ2n) is 3.18. The summed E-state index contributed by atoms with van der Waals surface area (Å²) < 4.78 is 13.0. The van der Waals surface area contributed by atoms with Gasteiger partial charge in [-0.1, -0.05) is 30.3 Å². The highest BCUT2D eigenvalue weighted by atomic mass is 19.1. The van der Waals surface area contributed by atoms with Crippen molar-refractivity contribution in [2.24, 2.45) is 0 Å². The van der Waals surface area contributed by atoms with Crippen LogP contribution in [0.2, 0.25) is 0 Å². The Morgan fingerprint density at radius 3 is 2.62 bits per heavy atom. The summed E-state index contributed by atoms with van der Waals surface area (Å²) in [4.78, 5) is 0. The number of aryl methyl sites for hydroxylation is 1. The van der Waals surface area contributed by atoms with E-state index < -0.39 is 6.17 Å². The molecule has 0 aliphatic heterocycles. The van der Waals surface area contributed by atoms with Crippen LogP contribution in [0.15, 0.2) is 30.3 Å².